The van der Waals surface area contributed by atoms with Gasteiger partial charge in [-0.3, -0.25) is 0 Å². The van der Waals surface area contributed by atoms with E-state index in [4.69, 9.17) is 0 Å². The first kappa shape index (κ1) is 15.6. The molecule has 0 rings (SSSR count). The third-order valence-electron chi connectivity index (χ3n) is 1.09. The van der Waals surface area contributed by atoms with Crippen molar-refractivity contribution < 1.29 is 19.1 Å². The maximum Gasteiger partial charge on any atom is 0.330 e. The summed E-state index contributed by atoms with van der Waals surface area (Å²) in [5, 5.41) is 0. The number of carbonyl (C=O) groups excluding carboxylic acids is 2. The second-order valence-electron chi connectivity index (χ2n) is 2.13. The SMILES string of the molecule is C=CC(=O)OC.C=CC(=O)OCC=CC. The van der Waals surface area contributed by atoms with Gasteiger partial charge in [-0.25, -0.2) is 9.59 Å². The molecule has 0 N–H and O–H groups in total. The topological polar surface area (TPSA) is 52.6 Å². The Kier molecular flexibility index (Phi) is 12.7. The van der Waals surface area contributed by atoms with Crippen LogP contribution in [0.4, 0.5) is 0 Å². The van der Waals surface area contributed by atoms with Crippen molar-refractivity contribution in [1.29, 1.82) is 0 Å². The minimum Gasteiger partial charge on any atom is -0.466 e. The Hall–Kier alpha value is -1.84. The lowest BCUT2D eigenvalue weighted by Gasteiger charge is -1.93. The van der Waals surface area contributed by atoms with Crippen molar-refractivity contribution in [2.45, 2.75) is 6.92 Å². The first-order chi connectivity index (χ1) is 7.12. The molecular formula is C11H16O4. The van der Waals surface area contributed by atoms with Crippen molar-refractivity contribution in [3.63, 3.8) is 0 Å². The van der Waals surface area contributed by atoms with Gasteiger partial charge in [0, 0.05) is 12.2 Å². The van der Waals surface area contributed by atoms with Gasteiger partial charge in [0.1, 0.15) is 6.61 Å². The fraction of sp³-hybridized carbons (Fsp3) is 0.273. The molecule has 0 saturated heterocycles. The molecule has 4 heteroatoms. The van der Waals surface area contributed by atoms with Crippen molar-refractivity contribution in [2.24, 2.45) is 0 Å². The molecule has 0 aliphatic carbocycles. The molecule has 4 nitrogen and oxygen atoms in total. The molecule has 0 radical (unpaired) electrons. The lowest BCUT2D eigenvalue weighted by molar-refractivity contribution is -0.136. The van der Waals surface area contributed by atoms with Crippen LogP contribution in [0.2, 0.25) is 0 Å². The van der Waals surface area contributed by atoms with Crippen LogP contribution in [0.15, 0.2) is 37.5 Å². The predicted molar refractivity (Wildman–Crippen MR) is 58.2 cm³/mol. The van der Waals surface area contributed by atoms with Gasteiger partial charge in [0.2, 0.25) is 0 Å². The molecule has 0 heterocycles. The zero-order valence-corrected chi connectivity index (χ0v) is 9.06. The third kappa shape index (κ3) is 15.0. The molecule has 0 aliphatic heterocycles. The quantitative estimate of drug-likeness (QED) is 0.404. The summed E-state index contributed by atoms with van der Waals surface area (Å²) in [6, 6.07) is 0. The van der Waals surface area contributed by atoms with Gasteiger partial charge in [-0.15, -0.1) is 0 Å². The van der Waals surface area contributed by atoms with Gasteiger partial charge in [0.05, 0.1) is 7.11 Å². The molecule has 0 bridgehead atoms. The summed E-state index contributed by atoms with van der Waals surface area (Å²) in [5.41, 5.74) is 0. The van der Waals surface area contributed by atoms with Crippen molar-refractivity contribution in [3.05, 3.63) is 37.5 Å². The van der Waals surface area contributed by atoms with Crippen molar-refractivity contribution in [1.82, 2.24) is 0 Å². The van der Waals surface area contributed by atoms with E-state index >= 15 is 0 Å². The van der Waals surface area contributed by atoms with Crippen LogP contribution in [-0.4, -0.2) is 25.7 Å². The largest absolute Gasteiger partial charge is 0.466 e. The summed E-state index contributed by atoms with van der Waals surface area (Å²) in [7, 11) is 1.31. The third-order valence-corrected chi connectivity index (χ3v) is 1.09. The van der Waals surface area contributed by atoms with E-state index in [-0.39, 0.29) is 5.97 Å². The maximum absolute atomic E-state index is 10.3. The Morgan fingerprint density at radius 3 is 2.00 bits per heavy atom. The molecule has 84 valence electrons. The normalized spacial score (nSPS) is 8.40. The number of allylic oxidation sites excluding steroid dienone is 1. The van der Waals surface area contributed by atoms with Gasteiger partial charge < -0.3 is 9.47 Å². The highest BCUT2D eigenvalue weighted by Crippen LogP contribution is 1.79. The van der Waals surface area contributed by atoms with Crippen LogP contribution in [0.3, 0.4) is 0 Å². The monoisotopic (exact) mass is 212 g/mol. The average Bonchev–Trinajstić information content (AvgIpc) is 2.28. The van der Waals surface area contributed by atoms with E-state index in [2.05, 4.69) is 22.6 Å². The smallest absolute Gasteiger partial charge is 0.330 e. The molecule has 0 saturated carbocycles. The summed E-state index contributed by atoms with van der Waals surface area (Å²) in [4.78, 5) is 20.2. The molecule has 0 aromatic carbocycles. The van der Waals surface area contributed by atoms with E-state index in [1.54, 1.807) is 6.08 Å². The lowest BCUT2D eigenvalue weighted by atomic mass is 10.5. The molecule has 0 aromatic heterocycles. The van der Waals surface area contributed by atoms with Crippen LogP contribution in [0, 0.1) is 0 Å². The minimum atomic E-state index is -0.394. The Bertz CT molecular complexity index is 241. The number of methoxy groups -OCH3 is 1. The maximum atomic E-state index is 10.3. The number of hydrogen-bond donors (Lipinski definition) is 0. The standard InChI is InChI=1S/C7H10O2.C4H6O2/c1-3-5-6-9-7(8)4-2;1-3-4(5)6-2/h3-5H,2,6H2,1H3;3H,1H2,2H3. The minimum absolute atomic E-state index is 0.335. The van der Waals surface area contributed by atoms with Gasteiger partial charge in [-0.2, -0.15) is 0 Å². The first-order valence-electron chi connectivity index (χ1n) is 4.23. The number of carbonyl (C=O) groups is 2. The molecule has 0 aromatic rings. The van der Waals surface area contributed by atoms with Gasteiger partial charge in [-0.1, -0.05) is 25.3 Å². The zero-order chi connectivity index (χ0) is 12.1. The van der Waals surface area contributed by atoms with Crippen LogP contribution in [-0.2, 0) is 19.1 Å². The van der Waals surface area contributed by atoms with Crippen LogP contribution < -0.4 is 0 Å². The van der Waals surface area contributed by atoms with Crippen LogP contribution >= 0.6 is 0 Å². The summed E-state index contributed by atoms with van der Waals surface area (Å²) >= 11 is 0. The van der Waals surface area contributed by atoms with E-state index in [1.807, 2.05) is 13.0 Å². The predicted octanol–water partition coefficient (Wildman–Crippen LogP) is 1.64. The van der Waals surface area contributed by atoms with Crippen molar-refractivity contribution in [3.8, 4) is 0 Å². The Morgan fingerprint density at radius 2 is 1.73 bits per heavy atom. The Balaban J connectivity index is 0. The van der Waals surface area contributed by atoms with E-state index in [1.165, 1.54) is 7.11 Å². The highest BCUT2D eigenvalue weighted by atomic mass is 16.5. The van der Waals surface area contributed by atoms with Gasteiger partial charge in [0.15, 0.2) is 0 Å². The van der Waals surface area contributed by atoms with E-state index < -0.39 is 5.97 Å². The summed E-state index contributed by atoms with van der Waals surface area (Å²) in [6.07, 6.45) is 5.82. The molecule has 0 fully saturated rings. The number of ether oxygens (including phenoxy) is 2. The highest BCUT2D eigenvalue weighted by molar-refractivity contribution is 5.81. The first-order valence-corrected chi connectivity index (χ1v) is 4.23. The highest BCUT2D eigenvalue weighted by Gasteiger charge is 1.88. The van der Waals surface area contributed by atoms with Crippen LogP contribution in [0.5, 0.6) is 0 Å². The summed E-state index contributed by atoms with van der Waals surface area (Å²) in [6.45, 7) is 8.60. The molecule has 15 heavy (non-hydrogen) atoms. The van der Waals surface area contributed by atoms with E-state index in [9.17, 15) is 9.59 Å². The molecule has 0 atom stereocenters. The Labute approximate surface area is 89.9 Å². The second kappa shape index (κ2) is 12.2. The van der Waals surface area contributed by atoms with E-state index in [0.29, 0.717) is 6.61 Å². The van der Waals surface area contributed by atoms with Crippen molar-refractivity contribution in [2.75, 3.05) is 13.7 Å². The number of rotatable bonds is 4. The van der Waals surface area contributed by atoms with Crippen LogP contribution in [0.1, 0.15) is 6.92 Å². The van der Waals surface area contributed by atoms with Crippen molar-refractivity contribution >= 4 is 11.9 Å². The molecule has 0 spiro atoms. The van der Waals surface area contributed by atoms with Gasteiger partial charge in [-0.05, 0) is 6.92 Å². The molecule has 0 aliphatic rings. The Morgan fingerprint density at radius 1 is 1.20 bits per heavy atom. The zero-order valence-electron chi connectivity index (χ0n) is 9.06. The lowest BCUT2D eigenvalue weighted by Crippen LogP contribution is -1.98. The molecule has 0 amide bonds. The van der Waals surface area contributed by atoms with Crippen LogP contribution in [0.25, 0.3) is 0 Å². The second-order valence-corrected chi connectivity index (χ2v) is 2.13. The van der Waals surface area contributed by atoms with E-state index in [0.717, 1.165) is 12.2 Å². The number of esters is 2. The van der Waals surface area contributed by atoms with Gasteiger partial charge >= 0.3 is 11.9 Å². The summed E-state index contributed by atoms with van der Waals surface area (Å²) < 4.78 is 8.73. The fourth-order valence-corrected chi connectivity index (χ4v) is 0.369. The number of hydrogen-bond acceptors (Lipinski definition) is 4. The summed E-state index contributed by atoms with van der Waals surface area (Å²) in [5.74, 6) is -0.775. The van der Waals surface area contributed by atoms with Gasteiger partial charge in [0.25, 0.3) is 0 Å². The average molecular weight is 212 g/mol. The molecular weight excluding hydrogens is 196 g/mol. The molecule has 0 unspecified atom stereocenters. The fourth-order valence-electron chi connectivity index (χ4n) is 0.369.